The highest BCUT2D eigenvalue weighted by molar-refractivity contribution is 4.77. The van der Waals surface area contributed by atoms with E-state index in [1.165, 1.54) is 19.3 Å². The molecular weight excluding hydrogens is 124 g/mol. The fraction of sp³-hybridized carbons (Fsp3) is 0.875. The van der Waals surface area contributed by atoms with Crippen molar-refractivity contribution in [2.24, 2.45) is 0 Å². The van der Waals surface area contributed by atoms with E-state index >= 15 is 0 Å². The van der Waals surface area contributed by atoms with Crippen molar-refractivity contribution in [3.05, 3.63) is 0 Å². The zero-order valence-electron chi connectivity index (χ0n) is 6.21. The third-order valence-electron chi connectivity index (χ3n) is 1.92. The summed E-state index contributed by atoms with van der Waals surface area (Å²) in [6.07, 6.45) is 5.43. The molecule has 1 heterocycles. The maximum atomic E-state index is 8.31. The van der Waals surface area contributed by atoms with Crippen LogP contribution in [0.2, 0.25) is 0 Å². The summed E-state index contributed by atoms with van der Waals surface area (Å²) in [7, 11) is 0. The minimum absolute atomic E-state index is 0.508. The molecule has 0 amide bonds. The molecule has 1 rings (SSSR count). The van der Waals surface area contributed by atoms with E-state index in [0.29, 0.717) is 12.5 Å². The SMILES string of the molecule is N#CCCC1CCCC[N]1. The molecule has 0 spiro atoms. The Morgan fingerprint density at radius 1 is 1.50 bits per heavy atom. The van der Waals surface area contributed by atoms with Gasteiger partial charge in [-0.15, -0.1) is 0 Å². The first-order valence-electron chi connectivity index (χ1n) is 3.97. The molecule has 1 aliphatic rings. The second-order valence-electron chi connectivity index (χ2n) is 2.75. The molecule has 1 unspecified atom stereocenters. The Labute approximate surface area is 62.2 Å². The summed E-state index contributed by atoms with van der Waals surface area (Å²) in [6, 6.07) is 2.66. The topological polar surface area (TPSA) is 37.9 Å². The Morgan fingerprint density at radius 3 is 3.00 bits per heavy atom. The average molecular weight is 137 g/mol. The molecule has 2 nitrogen and oxygen atoms in total. The van der Waals surface area contributed by atoms with E-state index in [1.807, 2.05) is 0 Å². The smallest absolute Gasteiger partial charge is 0.0622 e. The molecule has 0 aromatic heterocycles. The number of nitrogens with zero attached hydrogens (tertiary/aromatic N) is 2. The van der Waals surface area contributed by atoms with E-state index in [0.717, 1.165) is 13.0 Å². The summed E-state index contributed by atoms with van der Waals surface area (Å²) in [5.74, 6) is 0. The van der Waals surface area contributed by atoms with Gasteiger partial charge in [0.25, 0.3) is 0 Å². The lowest BCUT2D eigenvalue weighted by molar-refractivity contribution is 0.377. The van der Waals surface area contributed by atoms with Crippen LogP contribution < -0.4 is 5.32 Å². The molecule has 55 valence electrons. The first kappa shape index (κ1) is 7.56. The molecule has 0 aliphatic carbocycles. The minimum atomic E-state index is 0.508. The Bertz CT molecular complexity index is 120. The van der Waals surface area contributed by atoms with Crippen LogP contribution in [0.15, 0.2) is 0 Å². The van der Waals surface area contributed by atoms with Crippen LogP contribution in [0.4, 0.5) is 0 Å². The van der Waals surface area contributed by atoms with Crippen LogP contribution in [0, 0.1) is 11.3 Å². The molecule has 0 saturated carbocycles. The van der Waals surface area contributed by atoms with Crippen LogP contribution in [0.3, 0.4) is 0 Å². The molecule has 1 radical (unpaired) electrons. The molecule has 1 aliphatic heterocycles. The van der Waals surface area contributed by atoms with E-state index in [2.05, 4.69) is 11.4 Å². The van der Waals surface area contributed by atoms with E-state index < -0.39 is 0 Å². The van der Waals surface area contributed by atoms with Crippen molar-refractivity contribution in [1.82, 2.24) is 5.32 Å². The number of piperidine rings is 1. The predicted molar refractivity (Wildman–Crippen MR) is 39.5 cm³/mol. The second-order valence-corrected chi connectivity index (χ2v) is 2.75. The van der Waals surface area contributed by atoms with Crippen molar-refractivity contribution in [2.75, 3.05) is 6.54 Å². The molecule has 1 fully saturated rings. The van der Waals surface area contributed by atoms with Gasteiger partial charge in [-0.2, -0.15) is 5.26 Å². The van der Waals surface area contributed by atoms with Gasteiger partial charge in [0.2, 0.25) is 0 Å². The number of hydrogen-bond donors (Lipinski definition) is 0. The monoisotopic (exact) mass is 137 g/mol. The summed E-state index contributed by atoms with van der Waals surface area (Å²) in [6.45, 7) is 1.02. The Morgan fingerprint density at radius 2 is 2.40 bits per heavy atom. The Hall–Kier alpha value is -0.550. The quantitative estimate of drug-likeness (QED) is 0.567. The maximum absolute atomic E-state index is 8.31. The van der Waals surface area contributed by atoms with Gasteiger partial charge in [-0.1, -0.05) is 6.42 Å². The predicted octanol–water partition coefficient (Wildman–Crippen LogP) is 1.45. The van der Waals surface area contributed by atoms with Crippen LogP contribution in [0.5, 0.6) is 0 Å². The van der Waals surface area contributed by atoms with Gasteiger partial charge in [0.15, 0.2) is 0 Å². The summed E-state index contributed by atoms with van der Waals surface area (Å²) in [4.78, 5) is 0. The molecule has 0 N–H and O–H groups in total. The number of hydrogen-bond acceptors (Lipinski definition) is 1. The van der Waals surface area contributed by atoms with Gasteiger partial charge in [-0.25, -0.2) is 5.32 Å². The highest BCUT2D eigenvalue weighted by Gasteiger charge is 2.12. The van der Waals surface area contributed by atoms with Gasteiger partial charge in [-0.05, 0) is 19.3 Å². The lowest BCUT2D eigenvalue weighted by Crippen LogP contribution is -2.27. The van der Waals surface area contributed by atoms with Gasteiger partial charge in [0.05, 0.1) is 6.07 Å². The van der Waals surface area contributed by atoms with Crippen LogP contribution in [-0.2, 0) is 0 Å². The fourth-order valence-electron chi connectivity index (χ4n) is 1.32. The zero-order valence-corrected chi connectivity index (χ0v) is 6.21. The van der Waals surface area contributed by atoms with Gasteiger partial charge in [0, 0.05) is 19.0 Å². The Balaban J connectivity index is 2.09. The molecule has 0 aromatic carbocycles. The maximum Gasteiger partial charge on any atom is 0.0622 e. The van der Waals surface area contributed by atoms with E-state index in [9.17, 15) is 0 Å². The van der Waals surface area contributed by atoms with Crippen molar-refractivity contribution in [2.45, 2.75) is 38.1 Å². The summed E-state index contributed by atoms with van der Waals surface area (Å²) in [5.41, 5.74) is 0. The van der Waals surface area contributed by atoms with Crippen molar-refractivity contribution in [1.29, 1.82) is 5.26 Å². The summed E-state index contributed by atoms with van der Waals surface area (Å²) < 4.78 is 0. The molecule has 0 bridgehead atoms. The summed E-state index contributed by atoms with van der Waals surface area (Å²) in [5, 5.41) is 12.7. The zero-order chi connectivity index (χ0) is 7.23. The van der Waals surface area contributed by atoms with E-state index in [1.54, 1.807) is 0 Å². The first-order chi connectivity index (χ1) is 4.93. The highest BCUT2D eigenvalue weighted by atomic mass is 14.9. The molecule has 10 heavy (non-hydrogen) atoms. The van der Waals surface area contributed by atoms with Crippen molar-refractivity contribution in [3.8, 4) is 6.07 Å². The highest BCUT2D eigenvalue weighted by Crippen LogP contribution is 2.12. The lowest BCUT2D eigenvalue weighted by Gasteiger charge is -2.19. The average Bonchev–Trinajstić information content (AvgIpc) is 2.03. The lowest BCUT2D eigenvalue weighted by atomic mass is 10.0. The van der Waals surface area contributed by atoms with Gasteiger partial charge in [-0.3, -0.25) is 0 Å². The van der Waals surface area contributed by atoms with E-state index in [-0.39, 0.29) is 0 Å². The van der Waals surface area contributed by atoms with Crippen LogP contribution in [0.25, 0.3) is 0 Å². The van der Waals surface area contributed by atoms with Crippen molar-refractivity contribution in [3.63, 3.8) is 0 Å². The van der Waals surface area contributed by atoms with Crippen molar-refractivity contribution >= 4 is 0 Å². The van der Waals surface area contributed by atoms with Crippen LogP contribution in [-0.4, -0.2) is 12.6 Å². The second kappa shape index (κ2) is 4.29. The van der Waals surface area contributed by atoms with Gasteiger partial charge in [0.1, 0.15) is 0 Å². The Kier molecular flexibility index (Phi) is 3.25. The molecule has 2 heteroatoms. The van der Waals surface area contributed by atoms with E-state index in [4.69, 9.17) is 5.26 Å². The minimum Gasteiger partial charge on any atom is -0.238 e. The van der Waals surface area contributed by atoms with Gasteiger partial charge < -0.3 is 0 Å². The summed E-state index contributed by atoms with van der Waals surface area (Å²) >= 11 is 0. The molecule has 1 atom stereocenters. The first-order valence-corrected chi connectivity index (χ1v) is 3.97. The third-order valence-corrected chi connectivity index (χ3v) is 1.92. The van der Waals surface area contributed by atoms with Gasteiger partial charge >= 0.3 is 0 Å². The van der Waals surface area contributed by atoms with Crippen LogP contribution in [0.1, 0.15) is 32.1 Å². The van der Waals surface area contributed by atoms with Crippen molar-refractivity contribution < 1.29 is 0 Å². The number of rotatable bonds is 2. The standard InChI is InChI=1S/C8H13N2/c9-6-3-5-8-4-1-2-7-10-8/h8H,1-5,7H2. The normalized spacial score (nSPS) is 25.7. The fourth-order valence-corrected chi connectivity index (χ4v) is 1.32. The molecular formula is C8H13N2. The molecule has 1 saturated heterocycles. The molecule has 0 aromatic rings. The third kappa shape index (κ3) is 2.36. The number of nitriles is 1. The largest absolute Gasteiger partial charge is 0.238 e. The van der Waals surface area contributed by atoms with Crippen LogP contribution >= 0.6 is 0 Å².